The quantitative estimate of drug-likeness (QED) is 0.869. The molecule has 2 heteroatoms. The van der Waals surface area contributed by atoms with Crippen LogP contribution in [0.2, 0.25) is 5.02 Å². The lowest BCUT2D eigenvalue weighted by atomic mass is 10.00. The van der Waals surface area contributed by atoms with Crippen LogP contribution in [0.15, 0.2) is 48.5 Å². The topological polar surface area (TPSA) is 20.2 Å². The van der Waals surface area contributed by atoms with Gasteiger partial charge in [-0.3, -0.25) is 0 Å². The van der Waals surface area contributed by atoms with Crippen LogP contribution >= 0.6 is 11.6 Å². The van der Waals surface area contributed by atoms with Gasteiger partial charge in [-0.05, 0) is 35.2 Å². The van der Waals surface area contributed by atoms with E-state index in [4.69, 9.17) is 11.6 Å². The molecule has 0 heterocycles. The molecule has 0 radical (unpaired) electrons. The fourth-order valence-corrected chi connectivity index (χ4v) is 2.00. The molecule has 0 amide bonds. The fourth-order valence-electron chi connectivity index (χ4n) is 1.80. The maximum atomic E-state index is 10.2. The van der Waals surface area contributed by atoms with E-state index in [0.717, 1.165) is 17.5 Å². The van der Waals surface area contributed by atoms with Gasteiger partial charge in [0.25, 0.3) is 0 Å². The summed E-state index contributed by atoms with van der Waals surface area (Å²) in [4.78, 5) is 0. The van der Waals surface area contributed by atoms with Crippen LogP contribution in [-0.4, -0.2) is 5.11 Å². The monoisotopic (exact) mass is 246 g/mol. The number of aliphatic hydroxyl groups excluding tert-OH is 1. The number of hydrogen-bond donors (Lipinski definition) is 1. The smallest absolute Gasteiger partial charge is 0.104 e. The van der Waals surface area contributed by atoms with Gasteiger partial charge in [0.15, 0.2) is 0 Å². The Bertz CT molecular complexity index is 491. The fraction of sp³-hybridized carbons (Fsp3) is 0.200. The van der Waals surface area contributed by atoms with Crippen molar-refractivity contribution >= 4 is 11.6 Å². The van der Waals surface area contributed by atoms with Crippen LogP contribution in [0.3, 0.4) is 0 Å². The van der Waals surface area contributed by atoms with E-state index in [-0.39, 0.29) is 0 Å². The number of aryl methyl sites for hydroxylation is 1. The molecule has 2 aromatic rings. The van der Waals surface area contributed by atoms with E-state index < -0.39 is 6.10 Å². The zero-order valence-corrected chi connectivity index (χ0v) is 10.5. The van der Waals surface area contributed by atoms with Gasteiger partial charge in [-0.2, -0.15) is 0 Å². The highest BCUT2D eigenvalue weighted by Gasteiger charge is 2.10. The third kappa shape index (κ3) is 2.87. The minimum absolute atomic E-state index is 0.611. The summed E-state index contributed by atoms with van der Waals surface area (Å²) in [5, 5.41) is 10.9. The average molecular weight is 247 g/mol. The molecule has 88 valence electrons. The molecule has 0 aliphatic rings. The SMILES string of the molecule is CCc1ccc([C@H](O)c2cccc(Cl)c2)cc1. The number of hydrogen-bond acceptors (Lipinski definition) is 1. The van der Waals surface area contributed by atoms with E-state index >= 15 is 0 Å². The van der Waals surface area contributed by atoms with E-state index in [2.05, 4.69) is 6.92 Å². The molecule has 0 saturated heterocycles. The van der Waals surface area contributed by atoms with Crippen molar-refractivity contribution < 1.29 is 5.11 Å². The van der Waals surface area contributed by atoms with Crippen molar-refractivity contribution in [2.45, 2.75) is 19.4 Å². The zero-order valence-electron chi connectivity index (χ0n) is 9.73. The molecule has 0 aliphatic heterocycles. The maximum absolute atomic E-state index is 10.2. The van der Waals surface area contributed by atoms with Gasteiger partial charge in [0.05, 0.1) is 0 Å². The molecule has 0 unspecified atom stereocenters. The third-order valence-electron chi connectivity index (χ3n) is 2.87. The average Bonchev–Trinajstić information content (AvgIpc) is 2.38. The molecule has 1 atom stereocenters. The van der Waals surface area contributed by atoms with Gasteiger partial charge in [-0.25, -0.2) is 0 Å². The Morgan fingerprint density at radius 2 is 1.76 bits per heavy atom. The predicted octanol–water partition coefficient (Wildman–Crippen LogP) is 3.98. The van der Waals surface area contributed by atoms with Crippen molar-refractivity contribution in [3.8, 4) is 0 Å². The first-order valence-electron chi connectivity index (χ1n) is 5.73. The first kappa shape index (κ1) is 12.2. The van der Waals surface area contributed by atoms with Crippen molar-refractivity contribution in [2.24, 2.45) is 0 Å². The van der Waals surface area contributed by atoms with Gasteiger partial charge in [0.1, 0.15) is 6.10 Å². The first-order valence-corrected chi connectivity index (χ1v) is 6.11. The molecule has 0 bridgehead atoms. The largest absolute Gasteiger partial charge is 0.384 e. The Morgan fingerprint density at radius 1 is 1.06 bits per heavy atom. The highest BCUT2D eigenvalue weighted by atomic mass is 35.5. The van der Waals surface area contributed by atoms with E-state index in [1.807, 2.05) is 36.4 Å². The molecule has 17 heavy (non-hydrogen) atoms. The minimum Gasteiger partial charge on any atom is -0.384 e. The van der Waals surface area contributed by atoms with Crippen LogP contribution in [0.25, 0.3) is 0 Å². The Balaban J connectivity index is 2.27. The lowest BCUT2D eigenvalue weighted by Crippen LogP contribution is -1.99. The molecule has 0 aliphatic carbocycles. The highest BCUT2D eigenvalue weighted by molar-refractivity contribution is 6.30. The summed E-state index contributed by atoms with van der Waals surface area (Å²) < 4.78 is 0. The number of halogens is 1. The second-order valence-electron chi connectivity index (χ2n) is 4.05. The molecule has 0 aromatic heterocycles. The van der Waals surface area contributed by atoms with Crippen LogP contribution in [-0.2, 0) is 6.42 Å². The summed E-state index contributed by atoms with van der Waals surface area (Å²) in [5.41, 5.74) is 2.98. The zero-order chi connectivity index (χ0) is 12.3. The summed E-state index contributed by atoms with van der Waals surface area (Å²) in [6, 6.07) is 15.3. The molecule has 0 saturated carbocycles. The molecule has 0 fully saturated rings. The Kier molecular flexibility index (Phi) is 3.82. The second kappa shape index (κ2) is 5.35. The Hall–Kier alpha value is -1.31. The number of aliphatic hydroxyl groups is 1. The third-order valence-corrected chi connectivity index (χ3v) is 3.10. The van der Waals surface area contributed by atoms with Crippen LogP contribution in [0.5, 0.6) is 0 Å². The lowest BCUT2D eigenvalue weighted by molar-refractivity contribution is 0.220. The molecule has 1 N–H and O–H groups in total. The van der Waals surface area contributed by atoms with Crippen molar-refractivity contribution in [1.82, 2.24) is 0 Å². The van der Waals surface area contributed by atoms with Crippen LogP contribution in [0.1, 0.15) is 29.7 Å². The van der Waals surface area contributed by atoms with Crippen LogP contribution in [0.4, 0.5) is 0 Å². The van der Waals surface area contributed by atoms with Gasteiger partial charge in [0.2, 0.25) is 0 Å². The molecule has 2 aromatic carbocycles. The molecule has 2 rings (SSSR count). The van der Waals surface area contributed by atoms with E-state index in [9.17, 15) is 5.11 Å². The number of benzene rings is 2. The summed E-state index contributed by atoms with van der Waals surface area (Å²) in [6.07, 6.45) is 0.396. The highest BCUT2D eigenvalue weighted by Crippen LogP contribution is 2.24. The second-order valence-corrected chi connectivity index (χ2v) is 4.49. The van der Waals surface area contributed by atoms with Gasteiger partial charge < -0.3 is 5.11 Å². The normalized spacial score (nSPS) is 12.4. The molecule has 1 nitrogen and oxygen atoms in total. The first-order chi connectivity index (χ1) is 8.20. The summed E-state index contributed by atoms with van der Waals surface area (Å²) in [5.74, 6) is 0. The van der Waals surface area contributed by atoms with Crippen LogP contribution in [0, 0.1) is 0 Å². The Morgan fingerprint density at radius 3 is 2.35 bits per heavy atom. The predicted molar refractivity (Wildman–Crippen MR) is 71.3 cm³/mol. The van der Waals surface area contributed by atoms with Crippen molar-refractivity contribution in [2.75, 3.05) is 0 Å². The van der Waals surface area contributed by atoms with Crippen molar-refractivity contribution in [3.05, 3.63) is 70.2 Å². The van der Waals surface area contributed by atoms with Gasteiger partial charge >= 0.3 is 0 Å². The molecular formula is C15H15ClO. The van der Waals surface area contributed by atoms with E-state index in [1.165, 1.54) is 5.56 Å². The van der Waals surface area contributed by atoms with E-state index in [1.54, 1.807) is 12.1 Å². The lowest BCUT2D eigenvalue weighted by Gasteiger charge is -2.12. The molecule has 0 spiro atoms. The van der Waals surface area contributed by atoms with E-state index in [0.29, 0.717) is 5.02 Å². The van der Waals surface area contributed by atoms with Crippen molar-refractivity contribution in [3.63, 3.8) is 0 Å². The van der Waals surface area contributed by atoms with Crippen molar-refractivity contribution in [1.29, 1.82) is 0 Å². The Labute approximate surface area is 107 Å². The summed E-state index contributed by atoms with van der Waals surface area (Å²) in [7, 11) is 0. The summed E-state index contributed by atoms with van der Waals surface area (Å²) >= 11 is 5.91. The maximum Gasteiger partial charge on any atom is 0.104 e. The standard InChI is InChI=1S/C15H15ClO/c1-2-11-6-8-12(9-7-11)15(17)13-4-3-5-14(16)10-13/h3-10,15,17H,2H2,1H3/t15-/m0/s1. The van der Waals surface area contributed by atoms with Crippen LogP contribution < -0.4 is 0 Å². The minimum atomic E-state index is -0.611. The molecular weight excluding hydrogens is 232 g/mol. The van der Waals surface area contributed by atoms with Gasteiger partial charge in [-0.15, -0.1) is 0 Å². The van der Waals surface area contributed by atoms with Gasteiger partial charge in [-0.1, -0.05) is 54.9 Å². The summed E-state index contributed by atoms with van der Waals surface area (Å²) in [6.45, 7) is 2.11. The number of rotatable bonds is 3. The van der Waals surface area contributed by atoms with Gasteiger partial charge in [0, 0.05) is 5.02 Å².